The fourth-order valence-corrected chi connectivity index (χ4v) is 11.2. The van der Waals surface area contributed by atoms with Gasteiger partial charge in [0.05, 0.1) is 18.3 Å². The summed E-state index contributed by atoms with van der Waals surface area (Å²) in [4.78, 5) is 0. The summed E-state index contributed by atoms with van der Waals surface area (Å²) in [6.07, 6.45) is 17.0. The zero-order valence-electron chi connectivity index (χ0n) is 31.4. The zero-order chi connectivity index (χ0) is 34.4. The summed E-state index contributed by atoms with van der Waals surface area (Å²) in [7, 11) is 0. The molecular weight excluding hydrogens is 600 g/mol. The highest BCUT2D eigenvalue weighted by atomic mass is 16.5. The molecule has 0 radical (unpaired) electrons. The highest BCUT2D eigenvalue weighted by molar-refractivity contribution is 5.15. The Morgan fingerprint density at radius 3 is 1.98 bits per heavy atom. The Morgan fingerprint density at radius 2 is 1.29 bits per heavy atom. The lowest BCUT2D eigenvalue weighted by Crippen LogP contribution is -2.63. The van der Waals surface area contributed by atoms with E-state index < -0.39 is 0 Å². The predicted octanol–water partition coefficient (Wildman–Crippen LogP) is 4.40. The first-order valence-electron chi connectivity index (χ1n) is 20.4. The van der Waals surface area contributed by atoms with E-state index in [1.165, 1.54) is 51.4 Å². The number of rotatable bonds is 24. The topological polar surface area (TPSA) is 156 Å². The second-order valence-corrected chi connectivity index (χ2v) is 16.6. The van der Waals surface area contributed by atoms with E-state index in [2.05, 4.69) is 31.4 Å². The largest absolute Gasteiger partial charge is 0.378 e. The van der Waals surface area contributed by atoms with Crippen molar-refractivity contribution in [1.29, 1.82) is 0 Å². The van der Waals surface area contributed by atoms with Crippen molar-refractivity contribution in [2.24, 2.45) is 69.3 Å². The molecule has 0 unspecified atom stereocenters. The number of ether oxygens (including phenoxy) is 3. The van der Waals surface area contributed by atoms with Gasteiger partial charge in [0.1, 0.15) is 0 Å². The summed E-state index contributed by atoms with van der Waals surface area (Å²) in [6, 6.07) is 0. The Morgan fingerprint density at radius 1 is 0.667 bits per heavy atom. The van der Waals surface area contributed by atoms with Gasteiger partial charge in [0, 0.05) is 25.2 Å². The van der Waals surface area contributed by atoms with Crippen LogP contribution in [0.3, 0.4) is 0 Å². The fourth-order valence-electron chi connectivity index (χ4n) is 11.2. The van der Waals surface area contributed by atoms with Crippen molar-refractivity contribution < 1.29 is 14.2 Å². The third-order valence-corrected chi connectivity index (χ3v) is 13.8. The maximum absolute atomic E-state index is 7.02. The van der Waals surface area contributed by atoms with E-state index in [9.17, 15) is 0 Å². The minimum Gasteiger partial charge on any atom is -0.378 e. The molecule has 0 spiro atoms. The molecule has 0 aromatic rings. The maximum Gasteiger partial charge on any atom is 0.0637 e. The van der Waals surface area contributed by atoms with E-state index in [1.54, 1.807) is 0 Å². The van der Waals surface area contributed by atoms with E-state index in [4.69, 9.17) is 37.1 Å². The molecule has 48 heavy (non-hydrogen) atoms. The summed E-state index contributed by atoms with van der Waals surface area (Å²) in [6.45, 7) is 17.3. The van der Waals surface area contributed by atoms with Gasteiger partial charge in [-0.2, -0.15) is 0 Å². The van der Waals surface area contributed by atoms with Gasteiger partial charge in [-0.15, -0.1) is 0 Å². The quantitative estimate of drug-likeness (QED) is 0.0815. The van der Waals surface area contributed by atoms with Crippen LogP contribution >= 0.6 is 0 Å². The summed E-state index contributed by atoms with van der Waals surface area (Å²) < 4.78 is 20.3. The van der Waals surface area contributed by atoms with E-state index >= 15 is 0 Å². The van der Waals surface area contributed by atoms with Gasteiger partial charge in [0.2, 0.25) is 0 Å². The van der Waals surface area contributed by atoms with E-state index in [-0.39, 0.29) is 11.5 Å². The second-order valence-electron chi connectivity index (χ2n) is 16.6. The van der Waals surface area contributed by atoms with Gasteiger partial charge in [-0.3, -0.25) is 0 Å². The van der Waals surface area contributed by atoms with Gasteiger partial charge in [0.25, 0.3) is 0 Å². The van der Waals surface area contributed by atoms with Crippen LogP contribution in [-0.2, 0) is 14.2 Å². The molecule has 0 heterocycles. The average molecular weight is 679 g/mol. The first-order valence-corrected chi connectivity index (χ1v) is 20.4. The van der Waals surface area contributed by atoms with Crippen LogP contribution in [0.1, 0.15) is 111 Å². The van der Waals surface area contributed by atoms with Crippen molar-refractivity contribution in [2.75, 3.05) is 72.2 Å². The molecule has 10 N–H and O–H groups in total. The number of hydrogen-bond donors (Lipinski definition) is 6. The van der Waals surface area contributed by atoms with Crippen LogP contribution in [0.2, 0.25) is 0 Å². The SMILES string of the molecule is C[C@H](CCCNCCCNCCCN)[C@H]1CC[C@H]2[C@@H]3[C@H](OCCCN)C[C@@H]4C[C@H](OCCCN)CC[C@]4(C)[C@H]3C[C@H](OCCCN)[C@]12C. The van der Waals surface area contributed by atoms with Crippen molar-refractivity contribution in [3.05, 3.63) is 0 Å². The monoisotopic (exact) mass is 679 g/mol. The molecule has 0 saturated heterocycles. The lowest BCUT2D eigenvalue weighted by atomic mass is 9.43. The molecule has 9 heteroatoms. The van der Waals surface area contributed by atoms with Gasteiger partial charge in [0.15, 0.2) is 0 Å². The van der Waals surface area contributed by atoms with Crippen LogP contribution in [0.4, 0.5) is 0 Å². The van der Waals surface area contributed by atoms with Gasteiger partial charge in [-0.25, -0.2) is 0 Å². The van der Waals surface area contributed by atoms with Crippen LogP contribution in [0.15, 0.2) is 0 Å². The standard InChI is InChI=1S/C39H78N6O3/c1-29(10-4-19-44-21-9-22-45-20-5-15-40)32-11-12-33-37-34(28-36(39(32,33)3)48-25-8-18-43)38(2)14-13-31(46-23-6-16-41)26-30(38)27-35(37)47-24-7-17-42/h29-37,44-45H,4-28,40-43H2,1-3H3/t29-,30+,31-,32-,33+,34+,35-,36+,37+,38+,39-/m1/s1. The highest BCUT2D eigenvalue weighted by Gasteiger charge is 2.66. The number of hydrogen-bond acceptors (Lipinski definition) is 9. The van der Waals surface area contributed by atoms with Crippen molar-refractivity contribution in [3.8, 4) is 0 Å². The first-order chi connectivity index (χ1) is 23.3. The molecule has 0 amide bonds. The third kappa shape index (κ3) is 9.94. The van der Waals surface area contributed by atoms with E-state index in [0.717, 1.165) is 91.1 Å². The summed E-state index contributed by atoms with van der Waals surface area (Å²) in [5.41, 5.74) is 23.8. The Kier molecular flexibility index (Phi) is 17.4. The molecule has 0 aromatic heterocycles. The van der Waals surface area contributed by atoms with E-state index in [1.807, 2.05) is 0 Å². The third-order valence-electron chi connectivity index (χ3n) is 13.8. The first kappa shape index (κ1) is 40.4. The van der Waals surface area contributed by atoms with Crippen molar-refractivity contribution in [3.63, 3.8) is 0 Å². The molecule has 11 atom stereocenters. The Labute approximate surface area is 294 Å². The zero-order valence-corrected chi connectivity index (χ0v) is 31.4. The Balaban J connectivity index is 1.46. The molecule has 4 aliphatic carbocycles. The average Bonchev–Trinajstić information content (AvgIpc) is 3.44. The minimum atomic E-state index is 0.166. The van der Waals surface area contributed by atoms with Crippen LogP contribution in [-0.4, -0.2) is 90.5 Å². The maximum atomic E-state index is 7.02. The normalized spacial score (nSPS) is 36.8. The summed E-state index contributed by atoms with van der Waals surface area (Å²) >= 11 is 0. The van der Waals surface area contributed by atoms with Crippen molar-refractivity contribution in [2.45, 2.75) is 129 Å². The van der Waals surface area contributed by atoms with Crippen LogP contribution in [0, 0.1) is 46.3 Å². The highest BCUT2D eigenvalue weighted by Crippen LogP contribution is 2.69. The molecule has 4 aliphatic rings. The Bertz CT molecular complexity index is 885. The molecule has 282 valence electrons. The molecule has 4 fully saturated rings. The molecule has 9 nitrogen and oxygen atoms in total. The van der Waals surface area contributed by atoms with Crippen molar-refractivity contribution >= 4 is 0 Å². The Hall–Kier alpha value is -0.360. The molecule has 0 bridgehead atoms. The number of nitrogens with one attached hydrogen (secondary N) is 2. The predicted molar refractivity (Wildman–Crippen MR) is 199 cm³/mol. The van der Waals surface area contributed by atoms with Crippen LogP contribution in [0.25, 0.3) is 0 Å². The van der Waals surface area contributed by atoms with Gasteiger partial charge in [-0.1, -0.05) is 20.8 Å². The molecule has 0 aliphatic heterocycles. The lowest BCUT2D eigenvalue weighted by molar-refractivity contribution is -0.227. The second kappa shape index (κ2) is 20.6. The lowest BCUT2D eigenvalue weighted by Gasteiger charge is -2.65. The fraction of sp³-hybridized carbons (Fsp3) is 1.00. The molecular formula is C39H78N6O3. The molecule has 4 saturated carbocycles. The van der Waals surface area contributed by atoms with Gasteiger partial charge < -0.3 is 47.8 Å². The molecule has 4 rings (SSSR count). The van der Waals surface area contributed by atoms with Crippen molar-refractivity contribution in [1.82, 2.24) is 10.6 Å². The summed E-state index contributed by atoms with van der Waals surface area (Å²) in [5, 5.41) is 7.19. The molecule has 0 aromatic carbocycles. The number of nitrogens with two attached hydrogens (primary N) is 4. The van der Waals surface area contributed by atoms with Gasteiger partial charge in [-0.05, 0) is 183 Å². The smallest absolute Gasteiger partial charge is 0.0637 e. The summed E-state index contributed by atoms with van der Waals surface area (Å²) in [5.74, 6) is 3.83. The number of fused-ring (bicyclic) bond motifs is 5. The van der Waals surface area contributed by atoms with Crippen LogP contribution in [0.5, 0.6) is 0 Å². The van der Waals surface area contributed by atoms with Gasteiger partial charge >= 0.3 is 0 Å². The van der Waals surface area contributed by atoms with E-state index in [0.29, 0.717) is 72.8 Å². The van der Waals surface area contributed by atoms with Crippen LogP contribution < -0.4 is 33.6 Å². The minimum absolute atomic E-state index is 0.166.